The second kappa shape index (κ2) is 9.87. The van der Waals surface area contributed by atoms with Crippen molar-refractivity contribution in [3.63, 3.8) is 0 Å². The largest absolute Gasteiger partial charge is 0.462 e. The van der Waals surface area contributed by atoms with Crippen LogP contribution in [0.5, 0.6) is 0 Å². The van der Waals surface area contributed by atoms with E-state index in [4.69, 9.17) is 9.47 Å². The highest BCUT2D eigenvalue weighted by Gasteiger charge is 2.84. The lowest BCUT2D eigenvalue weighted by Gasteiger charge is -2.72. The predicted octanol–water partition coefficient (Wildman–Crippen LogP) is 7.93. The fraction of sp³-hybridized carbons (Fsp3) is 0.667. The van der Waals surface area contributed by atoms with Crippen LogP contribution in [0.2, 0.25) is 0 Å². The maximum absolute atomic E-state index is 17.5. The average Bonchev–Trinajstić information content (AvgIpc) is 3.39. The molecule has 6 heteroatoms. The van der Waals surface area contributed by atoms with Gasteiger partial charge in [-0.05, 0) is 91.2 Å². The minimum absolute atomic E-state index is 0.0152. The van der Waals surface area contributed by atoms with Crippen LogP contribution < -0.4 is 0 Å². The first-order chi connectivity index (χ1) is 21.2. The standard InChI is InChI=1S/C39H49FO5/c1-24-14-17-38-19-18-36(5)35(4)16-15-28-34(3,23-44-31(42)13-12-26-10-8-7-9-11-26)21-27(22-41)37(28,6)29(35)20-30(40)39(36,45-33(38)43)32(38)25(24)2/h7-13,21-22,24-25,28-30,32H,14-20,23H2,1-6H3/b13-12+/t24-,25+,28+,29+,30-,32-,34+,35-,36+,37+,38+,39+/m1/s1. The highest BCUT2D eigenvalue weighted by atomic mass is 19.1. The van der Waals surface area contributed by atoms with Crippen molar-refractivity contribution in [2.45, 2.75) is 98.3 Å². The summed E-state index contributed by atoms with van der Waals surface area (Å²) in [6.45, 7) is 13.4. The van der Waals surface area contributed by atoms with Gasteiger partial charge >= 0.3 is 11.9 Å². The zero-order chi connectivity index (χ0) is 32.2. The number of carbonyl (C=O) groups is 3. The van der Waals surface area contributed by atoms with Gasteiger partial charge in [0.1, 0.15) is 19.1 Å². The Kier molecular flexibility index (Phi) is 6.77. The van der Waals surface area contributed by atoms with Gasteiger partial charge in [0, 0.05) is 28.2 Å². The third-order valence-electron chi connectivity index (χ3n) is 15.2. The molecule has 1 aromatic rings. The van der Waals surface area contributed by atoms with Crippen molar-refractivity contribution in [2.75, 3.05) is 6.61 Å². The summed E-state index contributed by atoms with van der Waals surface area (Å²) in [4.78, 5) is 39.5. The first kappa shape index (κ1) is 30.9. The van der Waals surface area contributed by atoms with Crippen LogP contribution in [0, 0.1) is 56.7 Å². The fourth-order valence-electron chi connectivity index (χ4n) is 12.6. The SMILES string of the molecule is C[C@H]1[C@H](C)CC[C@@]23CC[C@]4(C)[C@](OC2=O)([C@H](F)C[C@@H]2[C@@]5(C)C(C=O)=C[C@@](C)(COC(=O)/C=C/c6ccccc6)[C@@H]5CC[C@]24C)[C@H]13. The maximum atomic E-state index is 17.5. The van der Waals surface area contributed by atoms with E-state index in [-0.39, 0.29) is 48.1 Å². The van der Waals surface area contributed by atoms with Crippen LogP contribution in [0.25, 0.3) is 6.08 Å². The minimum atomic E-state index is -1.30. The number of esters is 2. The zero-order valence-electron chi connectivity index (χ0n) is 27.7. The van der Waals surface area contributed by atoms with E-state index < -0.39 is 39.4 Å². The molecule has 0 amide bonds. The van der Waals surface area contributed by atoms with E-state index in [1.54, 1.807) is 6.08 Å². The smallest absolute Gasteiger partial charge is 0.330 e. The van der Waals surface area contributed by atoms with Crippen LogP contribution in [0.3, 0.4) is 0 Å². The van der Waals surface area contributed by atoms with Crippen molar-refractivity contribution in [3.8, 4) is 0 Å². The van der Waals surface area contributed by atoms with E-state index >= 15 is 4.39 Å². The Balaban J connectivity index is 1.22. The van der Waals surface area contributed by atoms with Crippen LogP contribution >= 0.6 is 0 Å². The van der Waals surface area contributed by atoms with Gasteiger partial charge in [0.25, 0.3) is 0 Å². The molecule has 0 radical (unpaired) electrons. The van der Waals surface area contributed by atoms with Gasteiger partial charge in [-0.2, -0.15) is 0 Å². The Morgan fingerprint density at radius 2 is 1.76 bits per heavy atom. The van der Waals surface area contributed by atoms with Gasteiger partial charge in [-0.15, -0.1) is 0 Å². The molecule has 4 saturated carbocycles. The zero-order valence-corrected chi connectivity index (χ0v) is 27.7. The molecule has 5 nitrogen and oxygen atoms in total. The molecule has 6 aliphatic rings. The van der Waals surface area contributed by atoms with Gasteiger partial charge in [-0.1, -0.05) is 78.0 Å². The molecule has 242 valence electrons. The Morgan fingerprint density at radius 3 is 2.47 bits per heavy atom. The van der Waals surface area contributed by atoms with E-state index in [0.717, 1.165) is 50.4 Å². The number of rotatable bonds is 5. The quantitative estimate of drug-likeness (QED) is 0.191. The molecule has 45 heavy (non-hydrogen) atoms. The monoisotopic (exact) mass is 616 g/mol. The lowest BCUT2D eigenvalue weighted by atomic mass is 9.31. The van der Waals surface area contributed by atoms with Gasteiger partial charge in [0.15, 0.2) is 5.60 Å². The molecule has 2 bridgehead atoms. The second-order valence-electron chi connectivity index (χ2n) is 16.6. The maximum Gasteiger partial charge on any atom is 0.330 e. The molecule has 0 unspecified atom stereocenters. The van der Waals surface area contributed by atoms with Crippen molar-refractivity contribution in [1.82, 2.24) is 0 Å². The molecule has 1 heterocycles. The first-order valence-corrected chi connectivity index (χ1v) is 17.2. The van der Waals surface area contributed by atoms with Crippen LogP contribution in [0.4, 0.5) is 4.39 Å². The van der Waals surface area contributed by atoms with E-state index in [9.17, 15) is 14.4 Å². The summed E-state index contributed by atoms with van der Waals surface area (Å²) < 4.78 is 29.9. The number of hydrogen-bond acceptors (Lipinski definition) is 5. The summed E-state index contributed by atoms with van der Waals surface area (Å²) in [6.07, 6.45) is 10.1. The highest BCUT2D eigenvalue weighted by molar-refractivity contribution is 5.87. The number of ether oxygens (including phenoxy) is 2. The number of carbonyl (C=O) groups excluding carboxylic acids is 3. The summed E-state index contributed by atoms with van der Waals surface area (Å²) in [5.74, 6) is -0.211. The molecule has 1 spiro atoms. The van der Waals surface area contributed by atoms with Gasteiger partial charge in [-0.3, -0.25) is 9.59 Å². The molecule has 5 fully saturated rings. The highest BCUT2D eigenvalue weighted by Crippen LogP contribution is 2.81. The molecule has 1 aliphatic heterocycles. The van der Waals surface area contributed by atoms with Gasteiger partial charge in [0.05, 0.1) is 5.41 Å². The fourth-order valence-corrected chi connectivity index (χ4v) is 12.6. The summed E-state index contributed by atoms with van der Waals surface area (Å²) >= 11 is 0. The number of aldehydes is 1. The minimum Gasteiger partial charge on any atom is -0.462 e. The topological polar surface area (TPSA) is 69.7 Å². The molecule has 1 saturated heterocycles. The van der Waals surface area contributed by atoms with E-state index in [0.29, 0.717) is 11.5 Å². The molecule has 0 aromatic heterocycles. The van der Waals surface area contributed by atoms with Crippen LogP contribution in [-0.4, -0.2) is 36.6 Å². The predicted molar refractivity (Wildman–Crippen MR) is 170 cm³/mol. The summed E-state index contributed by atoms with van der Waals surface area (Å²) in [5.41, 5.74) is -2.16. The number of benzene rings is 1. The Bertz CT molecular complexity index is 1490. The third kappa shape index (κ3) is 3.69. The van der Waals surface area contributed by atoms with Gasteiger partial charge < -0.3 is 9.47 Å². The molecule has 5 aliphatic carbocycles. The Hall–Kier alpha value is -2.76. The van der Waals surface area contributed by atoms with Gasteiger partial charge in [0.2, 0.25) is 0 Å². The molecular formula is C39H49FO5. The molecule has 7 rings (SSSR count). The number of allylic oxidation sites excluding steroid dienone is 1. The van der Waals surface area contributed by atoms with Crippen molar-refractivity contribution in [2.24, 2.45) is 56.7 Å². The van der Waals surface area contributed by atoms with Gasteiger partial charge in [-0.25, -0.2) is 9.18 Å². The van der Waals surface area contributed by atoms with Crippen molar-refractivity contribution >= 4 is 24.3 Å². The van der Waals surface area contributed by atoms with Crippen molar-refractivity contribution < 1.29 is 28.2 Å². The van der Waals surface area contributed by atoms with E-state index in [2.05, 4.69) is 41.5 Å². The molecule has 0 N–H and O–H groups in total. The van der Waals surface area contributed by atoms with Crippen LogP contribution in [0.1, 0.15) is 92.1 Å². The van der Waals surface area contributed by atoms with E-state index in [1.807, 2.05) is 36.4 Å². The second-order valence-corrected chi connectivity index (χ2v) is 16.6. The lowest BCUT2D eigenvalue weighted by molar-refractivity contribution is -0.296. The Labute approximate surface area is 267 Å². The number of halogens is 1. The van der Waals surface area contributed by atoms with Crippen LogP contribution in [-0.2, 0) is 23.9 Å². The average molecular weight is 617 g/mol. The number of alkyl halides is 1. The van der Waals surface area contributed by atoms with E-state index in [1.165, 1.54) is 6.08 Å². The molecule has 1 aromatic carbocycles. The lowest BCUT2D eigenvalue weighted by Crippen LogP contribution is -2.75. The summed E-state index contributed by atoms with van der Waals surface area (Å²) in [6, 6.07) is 9.61. The molecule has 12 atom stereocenters. The number of hydrogen-bond donors (Lipinski definition) is 0. The Morgan fingerprint density at radius 1 is 1.02 bits per heavy atom. The first-order valence-electron chi connectivity index (χ1n) is 17.2. The summed E-state index contributed by atoms with van der Waals surface area (Å²) in [7, 11) is 0. The van der Waals surface area contributed by atoms with Crippen LogP contribution in [0.15, 0.2) is 48.1 Å². The number of fused-ring (bicyclic) bond motifs is 4. The van der Waals surface area contributed by atoms with Crippen molar-refractivity contribution in [1.29, 1.82) is 0 Å². The van der Waals surface area contributed by atoms with Crippen molar-refractivity contribution in [3.05, 3.63) is 53.6 Å². The molecular weight excluding hydrogens is 567 g/mol. The summed E-state index contributed by atoms with van der Waals surface area (Å²) in [5, 5.41) is 0. The third-order valence-corrected chi connectivity index (χ3v) is 15.2. The normalized spacial score (nSPS) is 49.7.